The second-order valence-corrected chi connectivity index (χ2v) is 8.58. The van der Waals surface area contributed by atoms with Crippen LogP contribution in [-0.2, 0) is 12.6 Å². The predicted octanol–water partition coefficient (Wildman–Crippen LogP) is 8.58. The van der Waals surface area contributed by atoms with Gasteiger partial charge in [-0.15, -0.1) is 0 Å². The van der Waals surface area contributed by atoms with Crippen molar-refractivity contribution in [3.63, 3.8) is 0 Å². The second-order valence-electron chi connectivity index (χ2n) is 8.58. The molecule has 1 fully saturated rings. The number of alkyl halides is 3. The minimum Gasteiger partial charge on any atom is -0.206 e. The molecular weight excluding hydrogens is 395 g/mol. The Morgan fingerprint density at radius 3 is 1.87 bits per heavy atom. The van der Waals surface area contributed by atoms with Crippen molar-refractivity contribution < 1.29 is 22.0 Å². The summed E-state index contributed by atoms with van der Waals surface area (Å²) in [4.78, 5) is 0. The number of hydrogen-bond donors (Lipinski definition) is 0. The molecule has 2 aromatic rings. The molecule has 2 aromatic carbocycles. The van der Waals surface area contributed by atoms with Crippen molar-refractivity contribution in [1.29, 1.82) is 0 Å². The molecule has 30 heavy (non-hydrogen) atoms. The largest absolute Gasteiger partial charge is 0.416 e. The normalized spacial score (nSPS) is 19.8. The van der Waals surface area contributed by atoms with E-state index in [9.17, 15) is 22.0 Å². The molecule has 0 aliphatic heterocycles. The quantitative estimate of drug-likeness (QED) is 0.391. The minimum atomic E-state index is -4.48. The van der Waals surface area contributed by atoms with Crippen molar-refractivity contribution in [3.05, 3.63) is 59.2 Å². The van der Waals surface area contributed by atoms with E-state index in [0.29, 0.717) is 17.9 Å². The molecule has 1 saturated carbocycles. The van der Waals surface area contributed by atoms with E-state index in [1.54, 1.807) is 0 Å². The Labute approximate surface area is 175 Å². The van der Waals surface area contributed by atoms with Gasteiger partial charge in [-0.05, 0) is 60.1 Å². The average Bonchev–Trinajstić information content (AvgIpc) is 2.69. The third-order valence-corrected chi connectivity index (χ3v) is 6.34. The Hall–Kier alpha value is -1.91. The summed E-state index contributed by atoms with van der Waals surface area (Å²) < 4.78 is 67.2. The van der Waals surface area contributed by atoms with Crippen LogP contribution in [0.2, 0.25) is 0 Å². The Morgan fingerprint density at radius 1 is 0.833 bits per heavy atom. The molecule has 0 aromatic heterocycles. The van der Waals surface area contributed by atoms with Crippen LogP contribution in [-0.4, -0.2) is 0 Å². The molecule has 0 radical (unpaired) electrons. The maximum Gasteiger partial charge on any atom is 0.416 e. The first-order valence-corrected chi connectivity index (χ1v) is 10.9. The fraction of sp³-hybridized carbons (Fsp3) is 0.520. The third kappa shape index (κ3) is 5.83. The van der Waals surface area contributed by atoms with Gasteiger partial charge in [0.15, 0.2) is 0 Å². The van der Waals surface area contributed by atoms with E-state index < -0.39 is 23.4 Å². The zero-order chi connectivity index (χ0) is 21.7. The number of hydrogen-bond acceptors (Lipinski definition) is 0. The number of halogens is 5. The molecule has 0 heterocycles. The number of rotatable bonds is 7. The van der Waals surface area contributed by atoms with Gasteiger partial charge in [0.2, 0.25) is 0 Å². The lowest BCUT2D eigenvalue weighted by Gasteiger charge is -2.28. The van der Waals surface area contributed by atoms with Crippen LogP contribution in [0.3, 0.4) is 0 Å². The average molecular weight is 424 g/mol. The topological polar surface area (TPSA) is 0 Å². The summed E-state index contributed by atoms with van der Waals surface area (Å²) in [5, 5.41) is 0. The van der Waals surface area contributed by atoms with Crippen molar-refractivity contribution in [2.24, 2.45) is 11.8 Å². The van der Waals surface area contributed by atoms with Gasteiger partial charge in [-0.25, -0.2) is 8.78 Å². The van der Waals surface area contributed by atoms with Gasteiger partial charge in [-0.3, -0.25) is 0 Å². The van der Waals surface area contributed by atoms with Crippen LogP contribution in [0, 0.1) is 23.5 Å². The molecular formula is C25H29F5. The third-order valence-electron chi connectivity index (χ3n) is 6.34. The molecule has 0 unspecified atom stereocenters. The van der Waals surface area contributed by atoms with E-state index in [4.69, 9.17) is 0 Å². The lowest BCUT2D eigenvalue weighted by atomic mass is 9.78. The first-order valence-electron chi connectivity index (χ1n) is 10.9. The van der Waals surface area contributed by atoms with Crippen LogP contribution in [0.25, 0.3) is 11.1 Å². The summed E-state index contributed by atoms with van der Waals surface area (Å²) in [5.41, 5.74) is -0.414. The van der Waals surface area contributed by atoms with Crippen molar-refractivity contribution in [2.45, 2.75) is 70.9 Å². The lowest BCUT2D eigenvalue weighted by Crippen LogP contribution is -2.14. The van der Waals surface area contributed by atoms with Gasteiger partial charge in [0.05, 0.1) is 11.1 Å². The van der Waals surface area contributed by atoms with Crippen LogP contribution in [0.5, 0.6) is 0 Å². The van der Waals surface area contributed by atoms with Crippen LogP contribution in [0.1, 0.15) is 69.4 Å². The van der Waals surface area contributed by atoms with Crippen LogP contribution >= 0.6 is 0 Å². The molecule has 1 aliphatic rings. The number of aryl methyl sites for hydroxylation is 1. The first-order chi connectivity index (χ1) is 14.3. The van der Waals surface area contributed by atoms with E-state index >= 15 is 0 Å². The minimum absolute atomic E-state index is 0.105. The van der Waals surface area contributed by atoms with Gasteiger partial charge < -0.3 is 0 Å². The summed E-state index contributed by atoms with van der Waals surface area (Å²) in [7, 11) is 0. The SMILES string of the molecule is CCCC1CCC(CCCc2cc(F)c(-c3ccc(C(F)(F)F)cc3)c(F)c2)CC1. The highest BCUT2D eigenvalue weighted by atomic mass is 19.4. The van der Waals surface area contributed by atoms with Gasteiger partial charge in [-0.1, -0.05) is 64.0 Å². The van der Waals surface area contributed by atoms with Crippen LogP contribution < -0.4 is 0 Å². The van der Waals surface area contributed by atoms with Gasteiger partial charge in [0.1, 0.15) is 11.6 Å². The highest BCUT2D eigenvalue weighted by molar-refractivity contribution is 5.65. The number of benzene rings is 2. The van der Waals surface area contributed by atoms with Gasteiger partial charge in [-0.2, -0.15) is 13.2 Å². The molecule has 5 heteroatoms. The molecule has 0 atom stereocenters. The summed E-state index contributed by atoms with van der Waals surface area (Å²) >= 11 is 0. The second kappa shape index (κ2) is 9.93. The monoisotopic (exact) mass is 424 g/mol. The maximum atomic E-state index is 14.6. The zero-order valence-electron chi connectivity index (χ0n) is 17.4. The van der Waals surface area contributed by atoms with Crippen molar-refractivity contribution in [2.75, 3.05) is 0 Å². The fourth-order valence-corrected chi connectivity index (χ4v) is 4.68. The highest BCUT2D eigenvalue weighted by Crippen LogP contribution is 2.35. The van der Waals surface area contributed by atoms with E-state index in [2.05, 4.69) is 6.92 Å². The maximum absolute atomic E-state index is 14.6. The Bertz CT molecular complexity index is 791. The Kier molecular flexibility index (Phi) is 7.54. The summed E-state index contributed by atoms with van der Waals surface area (Å²) in [5.74, 6) is 0.112. The summed E-state index contributed by atoms with van der Waals surface area (Å²) in [6.07, 6.45) is 5.74. The molecule has 0 amide bonds. The summed E-state index contributed by atoms with van der Waals surface area (Å²) in [6.45, 7) is 2.23. The summed E-state index contributed by atoms with van der Waals surface area (Å²) in [6, 6.07) is 6.54. The van der Waals surface area contributed by atoms with E-state index in [0.717, 1.165) is 43.0 Å². The Morgan fingerprint density at radius 2 is 1.37 bits per heavy atom. The predicted molar refractivity (Wildman–Crippen MR) is 110 cm³/mol. The molecule has 0 bridgehead atoms. The standard InChI is InChI=1S/C25H29F5/c1-2-4-17-7-9-18(10-8-17)5-3-6-19-15-22(26)24(23(27)16-19)20-11-13-21(14-12-20)25(28,29)30/h11-18H,2-10H2,1H3. The van der Waals surface area contributed by atoms with Crippen molar-refractivity contribution in [1.82, 2.24) is 0 Å². The van der Waals surface area contributed by atoms with E-state index in [1.807, 2.05) is 0 Å². The molecule has 164 valence electrons. The van der Waals surface area contributed by atoms with Gasteiger partial charge >= 0.3 is 6.18 Å². The molecule has 1 aliphatic carbocycles. The fourth-order valence-electron chi connectivity index (χ4n) is 4.68. The molecule has 0 saturated heterocycles. The molecule has 0 N–H and O–H groups in total. The lowest BCUT2D eigenvalue weighted by molar-refractivity contribution is -0.137. The van der Waals surface area contributed by atoms with Crippen molar-refractivity contribution in [3.8, 4) is 11.1 Å². The molecule has 0 nitrogen and oxygen atoms in total. The molecule has 3 rings (SSSR count). The van der Waals surface area contributed by atoms with E-state index in [1.165, 1.54) is 50.7 Å². The first kappa shape index (κ1) is 22.8. The Balaban J connectivity index is 1.58. The van der Waals surface area contributed by atoms with E-state index in [-0.39, 0.29) is 11.1 Å². The zero-order valence-corrected chi connectivity index (χ0v) is 17.4. The van der Waals surface area contributed by atoms with Crippen LogP contribution in [0.4, 0.5) is 22.0 Å². The highest BCUT2D eigenvalue weighted by Gasteiger charge is 2.30. The van der Waals surface area contributed by atoms with Gasteiger partial charge in [0, 0.05) is 0 Å². The van der Waals surface area contributed by atoms with Gasteiger partial charge in [0.25, 0.3) is 0 Å². The smallest absolute Gasteiger partial charge is 0.206 e. The van der Waals surface area contributed by atoms with Crippen LogP contribution in [0.15, 0.2) is 36.4 Å². The van der Waals surface area contributed by atoms with Crippen molar-refractivity contribution >= 4 is 0 Å². The molecule has 0 spiro atoms.